The summed E-state index contributed by atoms with van der Waals surface area (Å²) < 4.78 is 10.7. The summed E-state index contributed by atoms with van der Waals surface area (Å²) in [5, 5.41) is 6.50. The summed E-state index contributed by atoms with van der Waals surface area (Å²) in [5.74, 6) is 1.70. The molecule has 0 atom stereocenters. The van der Waals surface area contributed by atoms with Crippen LogP contribution in [0.2, 0.25) is 0 Å². The Bertz CT molecular complexity index is 388. The van der Waals surface area contributed by atoms with Gasteiger partial charge in [0, 0.05) is 20.2 Å². The van der Waals surface area contributed by atoms with E-state index >= 15 is 0 Å². The van der Waals surface area contributed by atoms with Crippen LogP contribution in [0, 0.1) is 0 Å². The fourth-order valence-corrected chi connectivity index (χ4v) is 1.65. The zero-order valence-corrected chi connectivity index (χ0v) is 15.8. The molecule has 0 bridgehead atoms. The number of aliphatic imine (C=N–C) groups is 1. The Morgan fingerprint density at radius 1 is 1.09 bits per heavy atom. The number of methoxy groups -OCH3 is 1. The molecule has 0 aromatic heterocycles. The lowest BCUT2D eigenvalue weighted by Crippen LogP contribution is -2.40. The Morgan fingerprint density at radius 3 is 2.41 bits per heavy atom. The van der Waals surface area contributed by atoms with Gasteiger partial charge in [0.05, 0.1) is 13.2 Å². The summed E-state index contributed by atoms with van der Waals surface area (Å²) in [7, 11) is 1.69. The lowest BCUT2D eigenvalue weighted by atomic mass is 10.3. The molecule has 0 saturated heterocycles. The van der Waals surface area contributed by atoms with Crippen LogP contribution in [0.25, 0.3) is 0 Å². The molecule has 1 aromatic rings. The lowest BCUT2D eigenvalue weighted by molar-refractivity contribution is 0.203. The third kappa shape index (κ3) is 10.7. The highest BCUT2D eigenvalue weighted by atomic mass is 127. The number of hydrogen-bond acceptors (Lipinski definition) is 3. The molecule has 0 radical (unpaired) electrons. The van der Waals surface area contributed by atoms with Gasteiger partial charge in [0.15, 0.2) is 5.96 Å². The smallest absolute Gasteiger partial charge is 0.191 e. The first-order chi connectivity index (χ1) is 10.4. The second-order valence-corrected chi connectivity index (χ2v) is 4.59. The molecule has 0 saturated carbocycles. The second-order valence-electron chi connectivity index (χ2n) is 4.59. The predicted octanol–water partition coefficient (Wildman–Crippen LogP) is 2.67. The van der Waals surface area contributed by atoms with Gasteiger partial charge in [-0.2, -0.15) is 0 Å². The third-order valence-electron chi connectivity index (χ3n) is 2.79. The van der Waals surface area contributed by atoms with Crippen LogP contribution in [0.1, 0.15) is 19.8 Å². The van der Waals surface area contributed by atoms with Gasteiger partial charge < -0.3 is 20.1 Å². The first-order valence-electron chi connectivity index (χ1n) is 7.55. The number of unbranched alkanes of at least 4 members (excludes halogenated alkanes) is 1. The van der Waals surface area contributed by atoms with Crippen molar-refractivity contribution in [1.29, 1.82) is 0 Å². The van der Waals surface area contributed by atoms with Crippen LogP contribution in [0.3, 0.4) is 0 Å². The predicted molar refractivity (Wildman–Crippen MR) is 102 cm³/mol. The number of nitrogens with one attached hydrogen (secondary N) is 2. The second kappa shape index (κ2) is 14.9. The Balaban J connectivity index is 0.00000441. The quantitative estimate of drug-likeness (QED) is 0.264. The van der Waals surface area contributed by atoms with E-state index in [9.17, 15) is 0 Å². The van der Waals surface area contributed by atoms with Crippen molar-refractivity contribution < 1.29 is 9.47 Å². The molecule has 0 aliphatic rings. The molecule has 0 heterocycles. The van der Waals surface area contributed by atoms with Crippen LogP contribution in [0.4, 0.5) is 0 Å². The van der Waals surface area contributed by atoms with Gasteiger partial charge in [-0.1, -0.05) is 31.5 Å². The van der Waals surface area contributed by atoms with Crippen molar-refractivity contribution in [3.05, 3.63) is 30.3 Å². The molecule has 0 aliphatic carbocycles. The minimum atomic E-state index is 0. The normalized spacial score (nSPS) is 10.7. The zero-order chi connectivity index (χ0) is 15.2. The van der Waals surface area contributed by atoms with Crippen molar-refractivity contribution in [3.63, 3.8) is 0 Å². The highest BCUT2D eigenvalue weighted by Crippen LogP contribution is 2.07. The van der Waals surface area contributed by atoms with E-state index in [1.807, 2.05) is 30.3 Å². The molecular formula is C16H28IN3O2. The van der Waals surface area contributed by atoms with Gasteiger partial charge in [-0.05, 0) is 18.6 Å². The highest BCUT2D eigenvalue weighted by molar-refractivity contribution is 14.0. The van der Waals surface area contributed by atoms with E-state index in [4.69, 9.17) is 9.47 Å². The number of nitrogens with zero attached hydrogens (tertiary/aromatic N) is 1. The zero-order valence-electron chi connectivity index (χ0n) is 13.5. The van der Waals surface area contributed by atoms with E-state index in [2.05, 4.69) is 22.5 Å². The monoisotopic (exact) mass is 421 g/mol. The van der Waals surface area contributed by atoms with Gasteiger partial charge in [0.1, 0.15) is 12.4 Å². The third-order valence-corrected chi connectivity index (χ3v) is 2.79. The van der Waals surface area contributed by atoms with E-state index in [-0.39, 0.29) is 24.0 Å². The minimum absolute atomic E-state index is 0. The van der Waals surface area contributed by atoms with Gasteiger partial charge in [-0.15, -0.1) is 24.0 Å². The van der Waals surface area contributed by atoms with Crippen molar-refractivity contribution in [2.45, 2.75) is 19.8 Å². The molecule has 0 amide bonds. The summed E-state index contributed by atoms with van der Waals surface area (Å²) in [4.78, 5) is 4.51. The Morgan fingerprint density at radius 2 is 1.77 bits per heavy atom. The molecule has 22 heavy (non-hydrogen) atoms. The summed E-state index contributed by atoms with van der Waals surface area (Å²) in [6.45, 7) is 5.71. The van der Waals surface area contributed by atoms with Crippen molar-refractivity contribution >= 4 is 29.9 Å². The molecule has 1 rings (SSSR count). The van der Waals surface area contributed by atoms with Crippen LogP contribution in [-0.4, -0.2) is 45.9 Å². The standard InChI is InChI=1S/C16H27N3O2.HI/c1-3-4-10-17-16(18-11-13-20-2)19-12-14-21-15-8-6-5-7-9-15;/h5-9H,3-4,10-14H2,1-2H3,(H2,17,18,19);1H. The molecule has 126 valence electrons. The molecular weight excluding hydrogens is 393 g/mol. The first-order valence-corrected chi connectivity index (χ1v) is 7.55. The first kappa shape index (κ1) is 21.0. The van der Waals surface area contributed by atoms with Crippen LogP contribution in [0.15, 0.2) is 35.3 Å². The molecule has 0 spiro atoms. The van der Waals surface area contributed by atoms with Gasteiger partial charge in [-0.25, -0.2) is 0 Å². The van der Waals surface area contributed by atoms with E-state index in [1.165, 1.54) is 0 Å². The summed E-state index contributed by atoms with van der Waals surface area (Å²) in [6.07, 6.45) is 2.24. The van der Waals surface area contributed by atoms with Gasteiger partial charge in [0.25, 0.3) is 0 Å². The summed E-state index contributed by atoms with van der Waals surface area (Å²) in [6, 6.07) is 9.81. The number of halogens is 1. The molecule has 0 aliphatic heterocycles. The van der Waals surface area contributed by atoms with Crippen LogP contribution in [0.5, 0.6) is 5.75 Å². The minimum Gasteiger partial charge on any atom is -0.492 e. The highest BCUT2D eigenvalue weighted by Gasteiger charge is 1.98. The average Bonchev–Trinajstić information content (AvgIpc) is 2.52. The molecule has 6 heteroatoms. The van der Waals surface area contributed by atoms with E-state index in [0.29, 0.717) is 19.8 Å². The van der Waals surface area contributed by atoms with E-state index < -0.39 is 0 Å². The van der Waals surface area contributed by atoms with Crippen molar-refractivity contribution in [2.24, 2.45) is 4.99 Å². The fourth-order valence-electron chi connectivity index (χ4n) is 1.65. The van der Waals surface area contributed by atoms with Crippen LogP contribution >= 0.6 is 24.0 Å². The Hall–Kier alpha value is -1.02. The molecule has 0 fully saturated rings. The number of guanidine groups is 1. The molecule has 0 unspecified atom stereocenters. The largest absolute Gasteiger partial charge is 0.492 e. The molecule has 1 aromatic carbocycles. The van der Waals surface area contributed by atoms with E-state index in [1.54, 1.807) is 7.11 Å². The maximum Gasteiger partial charge on any atom is 0.191 e. The summed E-state index contributed by atoms with van der Waals surface area (Å²) in [5.41, 5.74) is 0. The topological polar surface area (TPSA) is 54.9 Å². The van der Waals surface area contributed by atoms with Crippen molar-refractivity contribution in [2.75, 3.05) is 40.0 Å². The average molecular weight is 421 g/mol. The maximum absolute atomic E-state index is 5.64. The fraction of sp³-hybridized carbons (Fsp3) is 0.562. The van der Waals surface area contributed by atoms with Gasteiger partial charge in [0.2, 0.25) is 0 Å². The lowest BCUT2D eigenvalue weighted by Gasteiger charge is -2.13. The molecule has 2 N–H and O–H groups in total. The van der Waals surface area contributed by atoms with Gasteiger partial charge in [-0.3, -0.25) is 4.99 Å². The number of benzene rings is 1. The molecule has 5 nitrogen and oxygen atoms in total. The van der Waals surface area contributed by atoms with Crippen LogP contribution in [-0.2, 0) is 4.74 Å². The van der Waals surface area contributed by atoms with E-state index in [0.717, 1.165) is 37.6 Å². The Labute approximate surface area is 150 Å². The maximum atomic E-state index is 5.64. The number of rotatable bonds is 10. The van der Waals surface area contributed by atoms with Crippen molar-refractivity contribution in [3.8, 4) is 5.75 Å². The number of para-hydroxylation sites is 1. The number of ether oxygens (including phenoxy) is 2. The van der Waals surface area contributed by atoms with Crippen molar-refractivity contribution in [1.82, 2.24) is 10.6 Å². The summed E-state index contributed by atoms with van der Waals surface area (Å²) >= 11 is 0. The Kier molecular flexibility index (Phi) is 14.2. The SMILES string of the molecule is CCCCN=C(NCCOC)NCCOc1ccccc1.I. The number of hydrogen-bond donors (Lipinski definition) is 2. The van der Waals surface area contributed by atoms with Gasteiger partial charge >= 0.3 is 0 Å². The van der Waals surface area contributed by atoms with Crippen LogP contribution < -0.4 is 15.4 Å².